The van der Waals surface area contributed by atoms with E-state index in [-0.39, 0.29) is 79.7 Å². The van der Waals surface area contributed by atoms with Gasteiger partial charge in [-0.3, -0.25) is 25.7 Å². The van der Waals surface area contributed by atoms with E-state index in [2.05, 4.69) is 22.2 Å². The number of hydrazone groups is 1. The molecule has 3 radical (unpaired) electrons. The van der Waals surface area contributed by atoms with Gasteiger partial charge in [0.15, 0.2) is 0 Å². The minimum atomic E-state index is -0.439. The highest BCUT2D eigenvalue weighted by molar-refractivity contribution is 6.05. The van der Waals surface area contributed by atoms with Gasteiger partial charge in [-0.05, 0) is 60.8 Å². The Hall–Kier alpha value is -1.45. The van der Waals surface area contributed by atoms with E-state index in [0.29, 0.717) is 12.8 Å². The molecule has 8 nitrogen and oxygen atoms in total. The summed E-state index contributed by atoms with van der Waals surface area (Å²) in [7, 11) is 1.29. The fourth-order valence-electron chi connectivity index (χ4n) is 2.22. The summed E-state index contributed by atoms with van der Waals surface area (Å²) in [6, 6.07) is 0. The van der Waals surface area contributed by atoms with Gasteiger partial charge in [0, 0.05) is 26.1 Å². The summed E-state index contributed by atoms with van der Waals surface area (Å²) in [5, 5.41) is 6.00. The average Bonchev–Trinajstić information content (AvgIpc) is 3.06. The third-order valence-electron chi connectivity index (χ3n) is 4.10. The molecule has 0 spiro atoms. The molecular weight excluding hydrogens is 491 g/mol. The molecule has 0 aromatic rings. The van der Waals surface area contributed by atoms with Gasteiger partial charge in [-0.2, -0.15) is 5.10 Å². The molecule has 1 heterocycles. The number of Topliss-reactive ketones (excluding diaryl/α,β-unsaturated/α-hetero) is 1. The van der Waals surface area contributed by atoms with E-state index in [4.69, 9.17) is 5.84 Å². The molecule has 0 saturated heterocycles. The second-order valence-electron chi connectivity index (χ2n) is 9.61. The van der Waals surface area contributed by atoms with Crippen molar-refractivity contribution in [2.45, 2.75) is 148 Å². The Bertz CT molecular complexity index is 590. The zero-order chi connectivity index (χ0) is 24.7. The Balaban J connectivity index is -0.0000000558. The molecule has 37 heavy (non-hydrogen) atoms. The molecule has 0 aliphatic carbocycles. The highest BCUT2D eigenvalue weighted by Crippen LogP contribution is 2.22. The minimum Gasteiger partial charge on any atom is -0.469 e. The van der Waals surface area contributed by atoms with Crippen LogP contribution in [0.3, 0.4) is 0 Å². The lowest BCUT2D eigenvalue weighted by Gasteiger charge is -2.27. The summed E-state index contributed by atoms with van der Waals surface area (Å²) < 4.78 is 4.34. The smallest absolute Gasteiger partial charge is 0.313 e. The number of ketones is 1. The van der Waals surface area contributed by atoms with Gasteiger partial charge in [-0.15, -0.1) is 12.4 Å². The number of nitrogens with zero attached hydrogens (tertiary/aromatic N) is 2. The SMILES string of the molecule is C.C.C.C.CC(C)(C)NN.CCCCC(=O)CC(=O)OC.CCCCC1=NN(C(C)(C)C)C(=O)C1.Cl.[B]. The molecule has 10 heteroatoms. The molecule has 1 rings (SSSR count). The van der Waals surface area contributed by atoms with E-state index in [9.17, 15) is 14.4 Å². The topological polar surface area (TPSA) is 114 Å². The predicted octanol–water partition coefficient (Wildman–Crippen LogP) is 6.71. The summed E-state index contributed by atoms with van der Waals surface area (Å²) in [4.78, 5) is 33.0. The molecule has 1 amide bonds. The summed E-state index contributed by atoms with van der Waals surface area (Å²) in [6.45, 7) is 16.2. The Labute approximate surface area is 239 Å². The first-order chi connectivity index (χ1) is 14.2. The lowest BCUT2D eigenvalue weighted by molar-refractivity contribution is -0.143. The lowest BCUT2D eigenvalue weighted by Crippen LogP contribution is -2.41. The van der Waals surface area contributed by atoms with Crippen LogP contribution in [0.4, 0.5) is 0 Å². The van der Waals surface area contributed by atoms with Gasteiger partial charge in [-0.25, -0.2) is 5.01 Å². The number of amides is 1. The second-order valence-corrected chi connectivity index (χ2v) is 9.61. The first kappa shape index (κ1) is 55.9. The molecule has 1 aliphatic heterocycles. The molecule has 225 valence electrons. The number of nitrogens with two attached hydrogens (primary N) is 1. The normalized spacial score (nSPS) is 11.4. The van der Waals surface area contributed by atoms with Crippen LogP contribution in [-0.2, 0) is 19.1 Å². The van der Waals surface area contributed by atoms with Crippen molar-refractivity contribution in [3.8, 4) is 0 Å². The molecule has 1 aliphatic rings. The van der Waals surface area contributed by atoms with Crippen molar-refractivity contribution in [1.82, 2.24) is 10.4 Å². The minimum absolute atomic E-state index is 0. The number of hydrazine groups is 1. The van der Waals surface area contributed by atoms with Gasteiger partial charge < -0.3 is 4.74 Å². The zero-order valence-electron chi connectivity index (χ0n) is 22.2. The Morgan fingerprint density at radius 3 is 1.73 bits per heavy atom. The van der Waals surface area contributed by atoms with E-state index in [0.717, 1.165) is 37.8 Å². The van der Waals surface area contributed by atoms with Crippen molar-refractivity contribution in [2.75, 3.05) is 7.11 Å². The van der Waals surface area contributed by atoms with Gasteiger partial charge in [0.2, 0.25) is 5.91 Å². The number of nitrogens with one attached hydrogen (secondary N) is 1. The van der Waals surface area contributed by atoms with Crippen LogP contribution < -0.4 is 11.3 Å². The average molecular weight is 554 g/mol. The zero-order valence-corrected chi connectivity index (χ0v) is 23.1. The molecule has 0 atom stereocenters. The van der Waals surface area contributed by atoms with Crippen molar-refractivity contribution in [1.29, 1.82) is 0 Å². The van der Waals surface area contributed by atoms with Gasteiger partial charge in [0.1, 0.15) is 12.2 Å². The Morgan fingerprint density at radius 1 is 1.00 bits per heavy atom. The van der Waals surface area contributed by atoms with Crippen LogP contribution in [0.25, 0.3) is 0 Å². The maximum Gasteiger partial charge on any atom is 0.313 e. The fourth-order valence-corrected chi connectivity index (χ4v) is 2.22. The summed E-state index contributed by atoms with van der Waals surface area (Å²) in [5.74, 6) is 4.73. The number of halogens is 1. The number of carbonyl (C=O) groups excluding carboxylic acids is 3. The van der Waals surface area contributed by atoms with E-state index in [1.807, 2.05) is 48.5 Å². The molecule has 3 N–H and O–H groups in total. The number of methoxy groups -OCH3 is 1. The maximum atomic E-state index is 11.6. The second kappa shape index (κ2) is 29.1. The maximum absolute atomic E-state index is 11.6. The van der Waals surface area contributed by atoms with Gasteiger partial charge in [0.05, 0.1) is 19.1 Å². The summed E-state index contributed by atoms with van der Waals surface area (Å²) in [6.07, 6.45) is 6.03. The van der Waals surface area contributed by atoms with Crippen molar-refractivity contribution >= 4 is 44.2 Å². The highest BCUT2D eigenvalue weighted by Gasteiger charge is 2.31. The van der Waals surface area contributed by atoms with Crippen molar-refractivity contribution in [3.05, 3.63) is 0 Å². The van der Waals surface area contributed by atoms with E-state index < -0.39 is 5.97 Å². The van der Waals surface area contributed by atoms with Crippen molar-refractivity contribution in [2.24, 2.45) is 10.9 Å². The third-order valence-corrected chi connectivity index (χ3v) is 4.10. The van der Waals surface area contributed by atoms with Crippen LogP contribution >= 0.6 is 12.4 Å². The molecule has 0 aromatic heterocycles. The molecule has 0 aromatic carbocycles. The number of carbonyl (C=O) groups is 3. The number of hydrogen-bond donors (Lipinski definition) is 2. The van der Waals surface area contributed by atoms with Crippen LogP contribution in [0.2, 0.25) is 0 Å². The number of hydrogen-bond acceptors (Lipinski definition) is 7. The van der Waals surface area contributed by atoms with Gasteiger partial charge in [-0.1, -0.05) is 56.4 Å². The number of esters is 1. The number of unbranched alkanes of at least 4 members (excludes halogenated alkanes) is 2. The summed E-state index contributed by atoms with van der Waals surface area (Å²) in [5.41, 5.74) is 3.55. The highest BCUT2D eigenvalue weighted by atomic mass is 35.5. The first-order valence-electron chi connectivity index (χ1n) is 11.2. The molecule has 0 saturated carbocycles. The van der Waals surface area contributed by atoms with Crippen LogP contribution in [0.1, 0.15) is 136 Å². The van der Waals surface area contributed by atoms with Crippen molar-refractivity contribution < 1.29 is 19.1 Å². The van der Waals surface area contributed by atoms with Crippen LogP contribution in [0.15, 0.2) is 5.10 Å². The van der Waals surface area contributed by atoms with Crippen LogP contribution in [-0.4, -0.2) is 55.0 Å². The van der Waals surface area contributed by atoms with E-state index in [1.165, 1.54) is 7.11 Å². The Kier molecular flexibility index (Phi) is 44.0. The molecule has 0 bridgehead atoms. The summed E-state index contributed by atoms with van der Waals surface area (Å²) >= 11 is 0. The lowest BCUT2D eigenvalue weighted by atomic mass is 10.1. The molecule has 0 unspecified atom stereocenters. The number of rotatable bonds is 8. The largest absolute Gasteiger partial charge is 0.469 e. The van der Waals surface area contributed by atoms with Gasteiger partial charge >= 0.3 is 5.97 Å². The standard InChI is InChI=1S/C11H20N2O.C8H14O3.C4H12N2.4CH4.B.ClH/c1-5-6-7-9-8-10(14)13(12-9)11(2,3)4;1-3-4-5-7(9)6-8(10)11-2;1-4(2,3)6-5;;;;;;/h5-8H2,1-4H3;3-6H2,1-2H3;6H,5H2,1-3H3;4*1H4;;1H. The first-order valence-corrected chi connectivity index (χ1v) is 11.2. The quantitative estimate of drug-likeness (QED) is 0.113. The van der Waals surface area contributed by atoms with Crippen LogP contribution in [0.5, 0.6) is 0 Å². The molecule has 0 fully saturated rings. The van der Waals surface area contributed by atoms with E-state index in [1.54, 1.807) is 5.01 Å². The monoisotopic (exact) mass is 553 g/mol. The molecular formula is C27H63BClN4O4. The fraction of sp³-hybridized carbons (Fsp3) is 0.852. The third kappa shape index (κ3) is 32.5. The predicted molar refractivity (Wildman–Crippen MR) is 166 cm³/mol. The van der Waals surface area contributed by atoms with Crippen LogP contribution in [0, 0.1) is 0 Å². The van der Waals surface area contributed by atoms with Gasteiger partial charge in [0.25, 0.3) is 0 Å². The van der Waals surface area contributed by atoms with Crippen molar-refractivity contribution in [3.63, 3.8) is 0 Å². The Morgan fingerprint density at radius 2 is 1.43 bits per heavy atom. The number of ether oxygens (including phenoxy) is 1. The van der Waals surface area contributed by atoms with E-state index >= 15 is 0 Å².